The highest BCUT2D eigenvalue weighted by Gasteiger charge is 2.59. The number of carbonyl (C=O) groups is 4. The second-order valence-corrected chi connectivity index (χ2v) is 12.3. The van der Waals surface area contributed by atoms with E-state index in [4.69, 9.17) is 17.3 Å². The van der Waals surface area contributed by atoms with Crippen LogP contribution in [0.15, 0.2) is 28.7 Å². The maximum absolute atomic E-state index is 13.6. The van der Waals surface area contributed by atoms with Gasteiger partial charge in [-0.2, -0.15) is 0 Å². The van der Waals surface area contributed by atoms with E-state index in [-0.39, 0.29) is 47.9 Å². The number of ketones is 2. The molecule has 0 fully saturated rings. The molecule has 0 aromatic heterocycles. The molecule has 3 aliphatic rings. The van der Waals surface area contributed by atoms with E-state index in [0.29, 0.717) is 11.1 Å². The summed E-state index contributed by atoms with van der Waals surface area (Å²) in [7, 11) is 1.73. The maximum Gasteiger partial charge on any atom is 0.255 e. The number of aliphatic hydroxyl groups is 3. The van der Waals surface area contributed by atoms with Gasteiger partial charge in [-0.25, -0.2) is 0 Å². The zero-order chi connectivity index (χ0) is 30.1. The fourth-order valence-electron chi connectivity index (χ4n) is 5.92. The van der Waals surface area contributed by atoms with E-state index < -0.39 is 69.3 Å². The average Bonchev–Trinajstić information content (AvgIpc) is 2.82. The fourth-order valence-corrected chi connectivity index (χ4v) is 6.20. The largest absolute Gasteiger partial charge is 0.511 e. The van der Waals surface area contributed by atoms with Gasteiger partial charge in [0.1, 0.15) is 22.8 Å². The second-order valence-electron chi connectivity index (χ2n) is 12.0. The van der Waals surface area contributed by atoms with Crippen LogP contribution in [0.3, 0.4) is 0 Å². The van der Waals surface area contributed by atoms with Crippen molar-refractivity contribution >= 4 is 35.0 Å². The third kappa shape index (κ3) is 4.65. The summed E-state index contributed by atoms with van der Waals surface area (Å²) in [6.45, 7) is 7.53. The highest BCUT2D eigenvalue weighted by atomic mass is 35.5. The van der Waals surface area contributed by atoms with Crippen LogP contribution in [0.4, 0.5) is 0 Å². The van der Waals surface area contributed by atoms with Gasteiger partial charge in [-0.3, -0.25) is 24.1 Å². The molecule has 11 nitrogen and oxygen atoms in total. The van der Waals surface area contributed by atoms with Gasteiger partial charge in [0.05, 0.1) is 11.6 Å². The molecule has 216 valence electrons. The summed E-state index contributed by atoms with van der Waals surface area (Å²) in [6, 6.07) is 0.785. The predicted molar refractivity (Wildman–Crippen MR) is 145 cm³/mol. The van der Waals surface area contributed by atoms with Crippen LogP contribution in [0.1, 0.15) is 62.0 Å². The number of carbonyl (C=O) groups excluding carboxylic acids is 4. The Labute approximate surface area is 236 Å². The summed E-state index contributed by atoms with van der Waals surface area (Å²) in [4.78, 5) is 52.8. The SMILES string of the molecule is C[C@H](C(=O)NC(C)(C)C)N(C)Cc1cc(O)c2c(c1Cl)CC1C[C@H]3CC(O)=C(C(N)=O)C(=O)[C@@]3(O)C(O)=C1C2=O. The number of allylic oxidation sites excluding steroid dienone is 2. The number of aromatic hydroxyl groups is 1. The zero-order valence-electron chi connectivity index (χ0n) is 23.0. The summed E-state index contributed by atoms with van der Waals surface area (Å²) in [5.74, 6) is -7.17. The van der Waals surface area contributed by atoms with Crippen LogP contribution >= 0.6 is 11.6 Å². The number of benzene rings is 1. The molecule has 0 bridgehead atoms. The van der Waals surface area contributed by atoms with E-state index >= 15 is 0 Å². The average molecular weight is 576 g/mol. The number of halogens is 1. The van der Waals surface area contributed by atoms with E-state index in [1.807, 2.05) is 20.8 Å². The minimum atomic E-state index is -2.62. The first kappa shape index (κ1) is 29.6. The van der Waals surface area contributed by atoms with Crippen LogP contribution in [0, 0.1) is 11.8 Å². The number of hydrogen-bond donors (Lipinski definition) is 6. The number of phenols is 1. The Kier molecular flexibility index (Phi) is 7.32. The van der Waals surface area contributed by atoms with Crippen LogP contribution in [-0.2, 0) is 27.3 Å². The van der Waals surface area contributed by atoms with Crippen LogP contribution in [0.25, 0.3) is 0 Å². The first-order chi connectivity index (χ1) is 18.4. The van der Waals surface area contributed by atoms with E-state index in [2.05, 4.69) is 5.32 Å². The number of phenolic OH excluding ortho intramolecular Hbond substituents is 1. The Hall–Kier alpha value is -3.41. The standard InChI is InChI=1S/C28H34ClN3O8/c1-11(26(39)31-27(2,3)4)32(5)10-13-8-16(33)19-15(21(13)29)7-12-6-14-9-17(34)20(25(30)38)24(37)28(14,40)23(36)18(12)22(19)35/h8,11-12,14,33-34,36,40H,6-7,9-10H2,1-5H3,(H2,30,38)(H,31,39)/t11-,12?,14+,28+/m1/s1. The number of fused-ring (bicyclic) bond motifs is 3. The van der Waals surface area contributed by atoms with Gasteiger partial charge in [0.15, 0.2) is 11.4 Å². The molecule has 0 spiro atoms. The van der Waals surface area contributed by atoms with Gasteiger partial charge in [-0.15, -0.1) is 0 Å². The van der Waals surface area contributed by atoms with Crippen molar-refractivity contribution in [2.45, 2.75) is 70.7 Å². The number of nitrogens with one attached hydrogen (secondary N) is 1. The molecule has 40 heavy (non-hydrogen) atoms. The van der Waals surface area contributed by atoms with Gasteiger partial charge in [0, 0.05) is 35.0 Å². The molecule has 0 radical (unpaired) electrons. The number of nitrogens with zero attached hydrogens (tertiary/aromatic N) is 1. The van der Waals surface area contributed by atoms with Crippen molar-refractivity contribution in [2.24, 2.45) is 17.6 Å². The van der Waals surface area contributed by atoms with Crippen molar-refractivity contribution < 1.29 is 39.6 Å². The molecule has 0 aliphatic heterocycles. The smallest absolute Gasteiger partial charge is 0.255 e. The van der Waals surface area contributed by atoms with Gasteiger partial charge in [0.25, 0.3) is 5.91 Å². The quantitative estimate of drug-likeness (QED) is 0.285. The predicted octanol–water partition coefficient (Wildman–Crippen LogP) is 1.97. The Morgan fingerprint density at radius 3 is 2.42 bits per heavy atom. The highest BCUT2D eigenvalue weighted by Crippen LogP contribution is 2.52. The lowest BCUT2D eigenvalue weighted by Crippen LogP contribution is -2.57. The number of primary amides is 1. The molecule has 2 amide bonds. The highest BCUT2D eigenvalue weighted by molar-refractivity contribution is 6.33. The van der Waals surface area contributed by atoms with Crippen molar-refractivity contribution in [3.63, 3.8) is 0 Å². The van der Waals surface area contributed by atoms with Gasteiger partial charge in [0.2, 0.25) is 11.7 Å². The number of aliphatic hydroxyl groups excluding tert-OH is 2. The molecule has 12 heteroatoms. The monoisotopic (exact) mass is 575 g/mol. The number of rotatable bonds is 5. The lowest BCUT2D eigenvalue weighted by molar-refractivity contribution is -0.144. The van der Waals surface area contributed by atoms with Crippen molar-refractivity contribution in [2.75, 3.05) is 7.05 Å². The second kappa shape index (κ2) is 9.90. The van der Waals surface area contributed by atoms with Gasteiger partial charge >= 0.3 is 0 Å². The molecule has 1 aromatic carbocycles. The van der Waals surface area contributed by atoms with Gasteiger partial charge < -0.3 is 31.5 Å². The summed E-state index contributed by atoms with van der Waals surface area (Å²) in [5, 5.41) is 46.8. The Morgan fingerprint density at radius 2 is 1.85 bits per heavy atom. The Balaban J connectivity index is 1.71. The molecule has 3 aliphatic carbocycles. The summed E-state index contributed by atoms with van der Waals surface area (Å²) < 4.78 is 0. The summed E-state index contributed by atoms with van der Waals surface area (Å²) in [5.41, 5.74) is 1.75. The molecule has 4 atom stereocenters. The molecule has 0 heterocycles. The normalized spacial score (nSPS) is 25.4. The Morgan fingerprint density at radius 1 is 1.23 bits per heavy atom. The summed E-state index contributed by atoms with van der Waals surface area (Å²) in [6.07, 6.45) is -0.208. The minimum absolute atomic E-state index is 0.00808. The maximum atomic E-state index is 13.6. The molecule has 1 aromatic rings. The van der Waals surface area contributed by atoms with Crippen LogP contribution in [-0.4, -0.2) is 72.9 Å². The number of Topliss-reactive ketones (excluding diaryl/α,β-unsaturated/α-hetero) is 2. The van der Waals surface area contributed by atoms with E-state index in [1.165, 1.54) is 6.07 Å². The van der Waals surface area contributed by atoms with Crippen LogP contribution in [0.2, 0.25) is 5.02 Å². The lowest BCUT2D eigenvalue weighted by atomic mass is 9.60. The van der Waals surface area contributed by atoms with Crippen LogP contribution in [0.5, 0.6) is 5.75 Å². The molecular formula is C28H34ClN3O8. The molecule has 0 saturated carbocycles. The van der Waals surface area contributed by atoms with Crippen molar-refractivity contribution in [1.82, 2.24) is 10.2 Å². The van der Waals surface area contributed by atoms with Gasteiger partial charge in [-0.1, -0.05) is 11.6 Å². The van der Waals surface area contributed by atoms with Crippen molar-refractivity contribution in [1.29, 1.82) is 0 Å². The van der Waals surface area contributed by atoms with Crippen LogP contribution < -0.4 is 11.1 Å². The van der Waals surface area contributed by atoms with Gasteiger partial charge in [-0.05, 0) is 70.7 Å². The third-order valence-electron chi connectivity index (χ3n) is 8.03. The third-order valence-corrected chi connectivity index (χ3v) is 8.50. The van der Waals surface area contributed by atoms with E-state index in [0.717, 1.165) is 0 Å². The van der Waals surface area contributed by atoms with E-state index in [1.54, 1.807) is 18.9 Å². The van der Waals surface area contributed by atoms with E-state index in [9.17, 15) is 39.6 Å². The molecule has 7 N–H and O–H groups in total. The topological polar surface area (TPSA) is 190 Å². The van der Waals surface area contributed by atoms with Crippen molar-refractivity contribution in [3.8, 4) is 5.75 Å². The summed E-state index contributed by atoms with van der Waals surface area (Å²) >= 11 is 6.76. The molecule has 1 unspecified atom stereocenters. The lowest BCUT2D eigenvalue weighted by Gasteiger charge is -2.45. The number of amides is 2. The fraction of sp³-hybridized carbons (Fsp3) is 0.500. The number of hydrogen-bond acceptors (Lipinski definition) is 9. The first-order valence-corrected chi connectivity index (χ1v) is 13.3. The minimum Gasteiger partial charge on any atom is -0.511 e. The molecule has 0 saturated heterocycles. The zero-order valence-corrected chi connectivity index (χ0v) is 23.7. The number of nitrogens with two attached hydrogens (primary N) is 1. The first-order valence-electron chi connectivity index (χ1n) is 12.9. The molecular weight excluding hydrogens is 542 g/mol. The molecule has 4 rings (SSSR count). The number of likely N-dealkylation sites (N-methyl/N-ethyl adjacent to an activating group) is 1. The van der Waals surface area contributed by atoms with Crippen molar-refractivity contribution in [3.05, 3.63) is 50.4 Å². The Bertz CT molecular complexity index is 1410.